The van der Waals surface area contributed by atoms with E-state index >= 15 is 0 Å². The Morgan fingerprint density at radius 1 is 1.42 bits per heavy atom. The number of carboxylic acids is 1. The van der Waals surface area contributed by atoms with Crippen molar-refractivity contribution >= 4 is 11.7 Å². The van der Waals surface area contributed by atoms with Gasteiger partial charge >= 0.3 is 5.97 Å². The number of aromatic carboxylic acids is 1. The number of anilines is 1. The molecule has 2 N–H and O–H groups in total. The summed E-state index contributed by atoms with van der Waals surface area (Å²) in [5, 5.41) is 16.8. The molecule has 5 nitrogen and oxygen atoms in total. The molecule has 0 bridgehead atoms. The predicted molar refractivity (Wildman–Crippen MR) is 72.2 cm³/mol. The summed E-state index contributed by atoms with van der Waals surface area (Å²) in [7, 11) is 0. The number of fused-ring (bicyclic) bond motifs is 1. The van der Waals surface area contributed by atoms with Gasteiger partial charge in [-0.1, -0.05) is 6.07 Å². The fraction of sp³-hybridized carbons (Fsp3) is 0.286. The molecule has 0 fully saturated rings. The second-order valence-electron chi connectivity index (χ2n) is 4.78. The minimum atomic E-state index is -0.930. The molecule has 2 aromatic rings. The summed E-state index contributed by atoms with van der Waals surface area (Å²) in [6.45, 7) is 4.46. The van der Waals surface area contributed by atoms with Crippen molar-refractivity contribution < 1.29 is 9.90 Å². The Bertz CT molecular complexity index is 674. The summed E-state index contributed by atoms with van der Waals surface area (Å²) >= 11 is 0. The first kappa shape index (κ1) is 11.8. The number of nitrogens with zero attached hydrogens (tertiary/aromatic N) is 2. The highest BCUT2D eigenvalue weighted by Gasteiger charge is 2.19. The minimum absolute atomic E-state index is 0.286. The van der Waals surface area contributed by atoms with E-state index in [2.05, 4.69) is 16.5 Å². The highest BCUT2D eigenvalue weighted by atomic mass is 16.4. The smallest absolute Gasteiger partial charge is 0.339 e. The highest BCUT2D eigenvalue weighted by molar-refractivity contribution is 5.90. The Labute approximate surface area is 110 Å². The normalized spacial score (nSPS) is 13.2. The van der Waals surface area contributed by atoms with Gasteiger partial charge in [0, 0.05) is 12.2 Å². The monoisotopic (exact) mass is 257 g/mol. The van der Waals surface area contributed by atoms with Crippen molar-refractivity contribution in [2.75, 3.05) is 11.9 Å². The second-order valence-corrected chi connectivity index (χ2v) is 4.78. The lowest BCUT2D eigenvalue weighted by molar-refractivity contribution is 0.0695. The average molecular weight is 257 g/mol. The fourth-order valence-electron chi connectivity index (χ4n) is 2.61. The molecule has 1 aromatic heterocycles. The first-order valence-electron chi connectivity index (χ1n) is 6.24. The molecule has 0 saturated carbocycles. The first-order valence-corrected chi connectivity index (χ1v) is 6.24. The maximum Gasteiger partial charge on any atom is 0.339 e. The van der Waals surface area contributed by atoms with Crippen LogP contribution in [0.4, 0.5) is 5.69 Å². The molecule has 0 saturated heterocycles. The fourth-order valence-corrected chi connectivity index (χ4v) is 2.61. The molecule has 98 valence electrons. The molecule has 2 heterocycles. The summed E-state index contributed by atoms with van der Waals surface area (Å²) in [6, 6.07) is 6.08. The quantitative estimate of drug-likeness (QED) is 0.865. The Hall–Kier alpha value is -2.30. The summed E-state index contributed by atoms with van der Waals surface area (Å²) in [6.07, 6.45) is 1.03. The van der Waals surface area contributed by atoms with Crippen LogP contribution in [0.15, 0.2) is 18.2 Å². The molecule has 1 aliphatic rings. The maximum atomic E-state index is 11.2. The SMILES string of the molecule is Cc1nn(-c2ccc3c(c2)NCC3)c(C)c1C(=O)O. The van der Waals surface area contributed by atoms with Gasteiger partial charge in [0.2, 0.25) is 0 Å². The molecule has 0 spiro atoms. The number of aryl methyl sites for hydroxylation is 1. The molecule has 5 heteroatoms. The van der Waals surface area contributed by atoms with Crippen molar-refractivity contribution in [3.8, 4) is 5.69 Å². The van der Waals surface area contributed by atoms with Crippen molar-refractivity contribution in [2.24, 2.45) is 0 Å². The zero-order valence-corrected chi connectivity index (χ0v) is 10.9. The van der Waals surface area contributed by atoms with E-state index in [4.69, 9.17) is 0 Å². The number of benzene rings is 1. The van der Waals surface area contributed by atoms with Gasteiger partial charge in [-0.3, -0.25) is 0 Å². The van der Waals surface area contributed by atoms with Crippen LogP contribution >= 0.6 is 0 Å². The Kier molecular flexibility index (Phi) is 2.55. The van der Waals surface area contributed by atoms with Crippen molar-refractivity contribution in [2.45, 2.75) is 20.3 Å². The molecule has 0 aliphatic carbocycles. The van der Waals surface area contributed by atoms with E-state index in [0.29, 0.717) is 11.4 Å². The van der Waals surface area contributed by atoms with Crippen LogP contribution in [-0.4, -0.2) is 27.4 Å². The topological polar surface area (TPSA) is 67.2 Å². The van der Waals surface area contributed by atoms with E-state index in [1.807, 2.05) is 12.1 Å². The van der Waals surface area contributed by atoms with Gasteiger partial charge in [-0.15, -0.1) is 0 Å². The van der Waals surface area contributed by atoms with Gasteiger partial charge < -0.3 is 10.4 Å². The highest BCUT2D eigenvalue weighted by Crippen LogP contribution is 2.26. The van der Waals surface area contributed by atoms with Crippen molar-refractivity contribution in [1.82, 2.24) is 9.78 Å². The van der Waals surface area contributed by atoms with Gasteiger partial charge in [-0.2, -0.15) is 5.10 Å². The number of aromatic nitrogens is 2. The molecule has 0 amide bonds. The molecule has 0 unspecified atom stereocenters. The Morgan fingerprint density at radius 2 is 2.21 bits per heavy atom. The van der Waals surface area contributed by atoms with E-state index < -0.39 is 5.97 Å². The third-order valence-electron chi connectivity index (χ3n) is 3.55. The summed E-state index contributed by atoms with van der Waals surface area (Å²) in [5.74, 6) is -0.930. The number of rotatable bonds is 2. The van der Waals surface area contributed by atoms with Crippen LogP contribution in [0, 0.1) is 13.8 Å². The molecular formula is C14H15N3O2. The predicted octanol–water partition coefficient (Wildman–Crippen LogP) is 2.16. The van der Waals surface area contributed by atoms with Gasteiger partial charge in [0.15, 0.2) is 0 Å². The van der Waals surface area contributed by atoms with E-state index in [0.717, 1.165) is 24.3 Å². The lowest BCUT2D eigenvalue weighted by Gasteiger charge is -2.07. The van der Waals surface area contributed by atoms with Gasteiger partial charge in [-0.25, -0.2) is 9.48 Å². The lowest BCUT2D eigenvalue weighted by Crippen LogP contribution is -2.03. The van der Waals surface area contributed by atoms with Gasteiger partial charge in [0.25, 0.3) is 0 Å². The number of hydrogen-bond donors (Lipinski definition) is 2. The largest absolute Gasteiger partial charge is 0.478 e. The van der Waals surface area contributed by atoms with Crippen LogP contribution in [0.2, 0.25) is 0 Å². The number of nitrogens with one attached hydrogen (secondary N) is 1. The van der Waals surface area contributed by atoms with Gasteiger partial charge in [0.05, 0.1) is 17.1 Å². The molecular weight excluding hydrogens is 242 g/mol. The van der Waals surface area contributed by atoms with Crippen LogP contribution in [0.25, 0.3) is 5.69 Å². The summed E-state index contributed by atoms with van der Waals surface area (Å²) in [5.41, 5.74) is 4.78. The molecule has 3 rings (SSSR count). The van der Waals surface area contributed by atoms with E-state index in [9.17, 15) is 9.90 Å². The van der Waals surface area contributed by atoms with Crippen LogP contribution in [-0.2, 0) is 6.42 Å². The van der Waals surface area contributed by atoms with E-state index in [1.165, 1.54) is 5.56 Å². The molecule has 1 aromatic carbocycles. The molecule has 19 heavy (non-hydrogen) atoms. The molecule has 0 radical (unpaired) electrons. The number of hydrogen-bond acceptors (Lipinski definition) is 3. The Balaban J connectivity index is 2.12. The first-order chi connectivity index (χ1) is 9.08. The van der Waals surface area contributed by atoms with Crippen LogP contribution in [0.1, 0.15) is 27.3 Å². The van der Waals surface area contributed by atoms with Gasteiger partial charge in [0.1, 0.15) is 5.56 Å². The minimum Gasteiger partial charge on any atom is -0.478 e. The average Bonchev–Trinajstić information content (AvgIpc) is 2.92. The molecule has 1 aliphatic heterocycles. The third-order valence-corrected chi connectivity index (χ3v) is 3.55. The zero-order chi connectivity index (χ0) is 13.6. The van der Waals surface area contributed by atoms with Crippen molar-refractivity contribution in [3.63, 3.8) is 0 Å². The summed E-state index contributed by atoms with van der Waals surface area (Å²) < 4.78 is 1.69. The van der Waals surface area contributed by atoms with Crippen molar-refractivity contribution in [1.29, 1.82) is 0 Å². The lowest BCUT2D eigenvalue weighted by atomic mass is 10.1. The Morgan fingerprint density at radius 3 is 2.89 bits per heavy atom. The van der Waals surface area contributed by atoms with Gasteiger partial charge in [-0.05, 0) is 38.0 Å². The zero-order valence-electron chi connectivity index (χ0n) is 10.9. The van der Waals surface area contributed by atoms with Crippen molar-refractivity contribution in [3.05, 3.63) is 40.7 Å². The van der Waals surface area contributed by atoms with Crippen LogP contribution in [0.5, 0.6) is 0 Å². The summed E-state index contributed by atoms with van der Waals surface area (Å²) in [4.78, 5) is 11.2. The number of carbonyl (C=O) groups is 1. The van der Waals surface area contributed by atoms with E-state index in [1.54, 1.807) is 18.5 Å². The maximum absolute atomic E-state index is 11.2. The van der Waals surface area contributed by atoms with Crippen LogP contribution in [0.3, 0.4) is 0 Å². The van der Waals surface area contributed by atoms with E-state index in [-0.39, 0.29) is 5.56 Å². The standard InChI is InChI=1S/C14H15N3O2/c1-8-13(14(18)19)9(2)17(16-8)11-4-3-10-5-6-15-12(10)7-11/h3-4,7,15H,5-6H2,1-2H3,(H,18,19). The number of carboxylic acid groups (broad SMARTS) is 1. The molecule has 0 atom stereocenters. The third kappa shape index (κ3) is 1.78. The second kappa shape index (κ2) is 4.12. The van der Waals surface area contributed by atoms with Crippen LogP contribution < -0.4 is 5.32 Å².